The van der Waals surface area contributed by atoms with Crippen molar-refractivity contribution in [3.8, 4) is 0 Å². The van der Waals surface area contributed by atoms with E-state index in [9.17, 15) is 14.4 Å². The highest BCUT2D eigenvalue weighted by molar-refractivity contribution is 5.86. The number of carbonyl (C=O) groups is 3. The average Bonchev–Trinajstić information content (AvgIpc) is 2.25. The fourth-order valence-electron chi connectivity index (χ4n) is 1.48. The highest BCUT2D eigenvalue weighted by Gasteiger charge is 2.23. The predicted octanol–water partition coefficient (Wildman–Crippen LogP) is 0.169. The van der Waals surface area contributed by atoms with Crippen LogP contribution < -0.4 is 11.1 Å². The van der Waals surface area contributed by atoms with Gasteiger partial charge in [-0.1, -0.05) is 19.9 Å². The molecule has 0 spiro atoms. The van der Waals surface area contributed by atoms with Crippen LogP contribution in [-0.4, -0.2) is 47.0 Å². The van der Waals surface area contributed by atoms with Gasteiger partial charge in [0.25, 0.3) is 0 Å². The van der Waals surface area contributed by atoms with Gasteiger partial charge in [0.2, 0.25) is 5.91 Å². The minimum Gasteiger partial charge on any atom is -0.480 e. The molecular weight excluding hydrogens is 250 g/mol. The minimum atomic E-state index is -1.16. The zero-order valence-electron chi connectivity index (χ0n) is 11.3. The summed E-state index contributed by atoms with van der Waals surface area (Å²) in [5, 5.41) is 11.3. The number of nitrogens with two attached hydrogens (primary N) is 1. The fourth-order valence-corrected chi connectivity index (χ4v) is 1.48. The second-order valence-corrected chi connectivity index (χ2v) is 4.61. The molecule has 1 unspecified atom stereocenters. The molecule has 0 saturated heterocycles. The topological polar surface area (TPSA) is 113 Å². The first-order valence-electron chi connectivity index (χ1n) is 5.95. The van der Waals surface area contributed by atoms with Crippen molar-refractivity contribution in [1.82, 2.24) is 10.2 Å². The highest BCUT2D eigenvalue weighted by atomic mass is 16.4. The number of primary amides is 1. The molecule has 0 aromatic heterocycles. The first kappa shape index (κ1) is 16.9. The molecule has 0 aromatic rings. The Labute approximate surface area is 112 Å². The van der Waals surface area contributed by atoms with Crippen LogP contribution in [0.5, 0.6) is 0 Å². The molecule has 1 atom stereocenters. The molecule has 0 aromatic carbocycles. The van der Waals surface area contributed by atoms with E-state index < -0.39 is 23.9 Å². The largest absolute Gasteiger partial charge is 0.480 e. The Morgan fingerprint density at radius 1 is 1.42 bits per heavy atom. The Hall–Kier alpha value is -2.05. The van der Waals surface area contributed by atoms with Crippen molar-refractivity contribution in [2.24, 2.45) is 11.7 Å². The molecule has 0 radical (unpaired) electrons. The van der Waals surface area contributed by atoms with Gasteiger partial charge in [-0.2, -0.15) is 0 Å². The molecule has 0 heterocycles. The summed E-state index contributed by atoms with van der Waals surface area (Å²) < 4.78 is 0. The fraction of sp³-hybridized carbons (Fsp3) is 0.583. The number of hydrogen-bond acceptors (Lipinski definition) is 3. The van der Waals surface area contributed by atoms with Crippen LogP contribution in [0.3, 0.4) is 0 Å². The van der Waals surface area contributed by atoms with Gasteiger partial charge in [0.05, 0.1) is 0 Å². The zero-order chi connectivity index (χ0) is 15.0. The number of rotatable bonds is 8. The Kier molecular flexibility index (Phi) is 7.25. The molecule has 3 amide bonds. The van der Waals surface area contributed by atoms with E-state index in [0.29, 0.717) is 6.54 Å². The van der Waals surface area contributed by atoms with Crippen LogP contribution in [0.2, 0.25) is 0 Å². The lowest BCUT2D eigenvalue weighted by molar-refractivity contribution is -0.139. The van der Waals surface area contributed by atoms with Crippen LogP contribution >= 0.6 is 0 Å². The maximum absolute atomic E-state index is 11.9. The van der Waals surface area contributed by atoms with Gasteiger partial charge in [0, 0.05) is 6.54 Å². The number of aliphatic carboxylic acids is 1. The SMILES string of the molecule is C=CCC(NC(=O)N(CC(N)=O)CC(C)C)C(=O)O. The summed E-state index contributed by atoms with van der Waals surface area (Å²) in [4.78, 5) is 34.9. The van der Waals surface area contributed by atoms with Crippen LogP contribution in [0.4, 0.5) is 4.79 Å². The van der Waals surface area contributed by atoms with Gasteiger partial charge < -0.3 is 21.1 Å². The third kappa shape index (κ3) is 7.07. The summed E-state index contributed by atoms with van der Waals surface area (Å²) in [5.41, 5.74) is 5.06. The lowest BCUT2D eigenvalue weighted by atomic mass is 10.2. The summed E-state index contributed by atoms with van der Waals surface area (Å²) in [6, 6.07) is -1.69. The molecule has 7 nitrogen and oxygen atoms in total. The smallest absolute Gasteiger partial charge is 0.326 e. The molecule has 19 heavy (non-hydrogen) atoms. The Bertz CT molecular complexity index is 355. The summed E-state index contributed by atoms with van der Waals surface area (Å²) in [6.45, 7) is 7.25. The molecule has 0 rings (SSSR count). The van der Waals surface area contributed by atoms with Crippen molar-refractivity contribution in [1.29, 1.82) is 0 Å². The van der Waals surface area contributed by atoms with E-state index in [0.717, 1.165) is 0 Å². The standard InChI is InChI=1S/C12H21N3O4/c1-4-5-9(11(17)18)14-12(19)15(6-8(2)3)7-10(13)16/h4,8-9H,1,5-7H2,2-3H3,(H2,13,16)(H,14,19)(H,17,18). The zero-order valence-corrected chi connectivity index (χ0v) is 11.3. The molecule has 0 aliphatic carbocycles. The van der Waals surface area contributed by atoms with Gasteiger partial charge in [0.15, 0.2) is 0 Å². The Morgan fingerprint density at radius 3 is 2.37 bits per heavy atom. The van der Waals surface area contributed by atoms with Crippen LogP contribution in [0.25, 0.3) is 0 Å². The molecule has 4 N–H and O–H groups in total. The van der Waals surface area contributed by atoms with Gasteiger partial charge in [-0.15, -0.1) is 6.58 Å². The molecule has 0 aliphatic rings. The van der Waals surface area contributed by atoms with Gasteiger partial charge in [-0.05, 0) is 12.3 Å². The van der Waals surface area contributed by atoms with E-state index in [1.54, 1.807) is 0 Å². The molecular formula is C12H21N3O4. The lowest BCUT2D eigenvalue weighted by Crippen LogP contribution is -2.50. The Balaban J connectivity index is 4.72. The summed E-state index contributed by atoms with van der Waals surface area (Å²) >= 11 is 0. The van der Waals surface area contributed by atoms with E-state index in [1.807, 2.05) is 13.8 Å². The third-order valence-electron chi connectivity index (χ3n) is 2.22. The third-order valence-corrected chi connectivity index (χ3v) is 2.22. The van der Waals surface area contributed by atoms with Crippen molar-refractivity contribution in [2.45, 2.75) is 26.3 Å². The summed E-state index contributed by atoms with van der Waals surface area (Å²) in [6.07, 6.45) is 1.51. The van der Waals surface area contributed by atoms with E-state index in [1.165, 1.54) is 11.0 Å². The van der Waals surface area contributed by atoms with E-state index in [4.69, 9.17) is 10.8 Å². The van der Waals surface area contributed by atoms with Crippen molar-refractivity contribution >= 4 is 17.9 Å². The van der Waals surface area contributed by atoms with Crippen LogP contribution in [0.15, 0.2) is 12.7 Å². The summed E-state index contributed by atoms with van der Waals surface area (Å²) in [5.74, 6) is -1.67. The van der Waals surface area contributed by atoms with Crippen molar-refractivity contribution < 1.29 is 19.5 Å². The number of carbonyl (C=O) groups excluding carboxylic acids is 2. The molecule has 108 valence electrons. The van der Waals surface area contributed by atoms with Gasteiger partial charge >= 0.3 is 12.0 Å². The first-order valence-corrected chi connectivity index (χ1v) is 5.95. The monoisotopic (exact) mass is 271 g/mol. The quantitative estimate of drug-likeness (QED) is 0.546. The normalized spacial score (nSPS) is 11.7. The van der Waals surface area contributed by atoms with Gasteiger partial charge in [0.1, 0.15) is 12.6 Å². The van der Waals surface area contributed by atoms with E-state index in [2.05, 4.69) is 11.9 Å². The minimum absolute atomic E-state index is 0.104. The van der Waals surface area contributed by atoms with Gasteiger partial charge in [-0.3, -0.25) is 4.79 Å². The molecule has 0 aliphatic heterocycles. The number of nitrogens with zero attached hydrogens (tertiary/aromatic N) is 1. The molecule has 0 fully saturated rings. The lowest BCUT2D eigenvalue weighted by Gasteiger charge is -2.25. The number of nitrogens with one attached hydrogen (secondary N) is 1. The Morgan fingerprint density at radius 2 is 2.00 bits per heavy atom. The van der Waals surface area contributed by atoms with Crippen LogP contribution in [-0.2, 0) is 9.59 Å². The first-order chi connectivity index (χ1) is 8.77. The molecule has 0 bridgehead atoms. The molecule has 0 saturated carbocycles. The number of amides is 3. The van der Waals surface area contributed by atoms with Crippen molar-refractivity contribution in [3.05, 3.63) is 12.7 Å². The maximum Gasteiger partial charge on any atom is 0.326 e. The summed E-state index contributed by atoms with van der Waals surface area (Å²) in [7, 11) is 0. The van der Waals surface area contributed by atoms with E-state index >= 15 is 0 Å². The highest BCUT2D eigenvalue weighted by Crippen LogP contribution is 2.01. The van der Waals surface area contributed by atoms with Crippen LogP contribution in [0.1, 0.15) is 20.3 Å². The van der Waals surface area contributed by atoms with Crippen molar-refractivity contribution in [2.75, 3.05) is 13.1 Å². The molecule has 7 heteroatoms. The predicted molar refractivity (Wildman–Crippen MR) is 70.4 cm³/mol. The maximum atomic E-state index is 11.9. The number of urea groups is 1. The number of carboxylic acids is 1. The second-order valence-electron chi connectivity index (χ2n) is 4.61. The van der Waals surface area contributed by atoms with Crippen LogP contribution in [0, 0.1) is 5.92 Å². The van der Waals surface area contributed by atoms with Crippen molar-refractivity contribution in [3.63, 3.8) is 0 Å². The van der Waals surface area contributed by atoms with E-state index in [-0.39, 0.29) is 18.9 Å². The number of carboxylic acid groups (broad SMARTS) is 1. The average molecular weight is 271 g/mol. The number of hydrogen-bond donors (Lipinski definition) is 3. The van der Waals surface area contributed by atoms with Gasteiger partial charge in [-0.25, -0.2) is 9.59 Å². The second kappa shape index (κ2) is 8.12.